The molecule has 0 bridgehead atoms. The number of benzene rings is 1. The van der Waals surface area contributed by atoms with Gasteiger partial charge in [-0.25, -0.2) is 21.9 Å². The minimum atomic E-state index is -3.98. The highest BCUT2D eigenvalue weighted by molar-refractivity contribution is 9.09. The fourth-order valence-corrected chi connectivity index (χ4v) is 2.48. The highest BCUT2D eigenvalue weighted by Crippen LogP contribution is 2.14. The first-order valence-electron chi connectivity index (χ1n) is 5.06. The van der Waals surface area contributed by atoms with Crippen LogP contribution in [0.25, 0.3) is 0 Å². The van der Waals surface area contributed by atoms with E-state index in [2.05, 4.69) is 20.7 Å². The number of sulfonamides is 1. The summed E-state index contributed by atoms with van der Waals surface area (Å²) >= 11 is 3.15. The lowest BCUT2D eigenvalue weighted by Crippen LogP contribution is -2.28. The molecule has 0 aliphatic rings. The summed E-state index contributed by atoms with van der Waals surface area (Å²) in [4.78, 5) is -0.579. The summed E-state index contributed by atoms with van der Waals surface area (Å²) in [7, 11) is -3.98. The molecule has 1 aromatic carbocycles. The van der Waals surface area contributed by atoms with Crippen LogP contribution in [0.3, 0.4) is 0 Å². The smallest absolute Gasteiger partial charge is 0.243 e. The number of ether oxygens (including phenoxy) is 1. The van der Waals surface area contributed by atoms with Crippen molar-refractivity contribution < 1.29 is 21.9 Å². The average molecular weight is 344 g/mol. The lowest BCUT2D eigenvalue weighted by Gasteiger charge is -2.07. The summed E-state index contributed by atoms with van der Waals surface area (Å²) in [5, 5.41) is 0.645. The van der Waals surface area contributed by atoms with E-state index in [9.17, 15) is 17.2 Å². The highest BCUT2D eigenvalue weighted by atomic mass is 79.9. The lowest BCUT2D eigenvalue weighted by atomic mass is 10.3. The van der Waals surface area contributed by atoms with Crippen molar-refractivity contribution in [2.45, 2.75) is 4.90 Å². The van der Waals surface area contributed by atoms with Gasteiger partial charge in [0.15, 0.2) is 0 Å². The zero-order chi connectivity index (χ0) is 13.6. The Labute approximate surface area is 113 Å². The molecule has 0 saturated carbocycles. The molecule has 0 unspecified atom stereocenters. The third-order valence-corrected chi connectivity index (χ3v) is 3.76. The van der Waals surface area contributed by atoms with Gasteiger partial charge in [0, 0.05) is 17.9 Å². The van der Waals surface area contributed by atoms with Gasteiger partial charge < -0.3 is 4.74 Å². The van der Waals surface area contributed by atoms with E-state index in [0.717, 1.165) is 12.1 Å². The van der Waals surface area contributed by atoms with Crippen LogP contribution in [0, 0.1) is 11.6 Å². The van der Waals surface area contributed by atoms with Crippen LogP contribution in [0.15, 0.2) is 23.1 Å². The summed E-state index contributed by atoms with van der Waals surface area (Å²) < 4.78 is 56.4. The fraction of sp³-hybridized carbons (Fsp3) is 0.400. The van der Waals surface area contributed by atoms with Crippen LogP contribution in [0.1, 0.15) is 0 Å². The summed E-state index contributed by atoms with van der Waals surface area (Å²) in [6.45, 7) is 0.645. The third kappa shape index (κ3) is 4.60. The van der Waals surface area contributed by atoms with Crippen molar-refractivity contribution in [1.82, 2.24) is 4.72 Å². The van der Waals surface area contributed by atoms with E-state index in [-0.39, 0.29) is 13.2 Å². The van der Waals surface area contributed by atoms with Gasteiger partial charge in [0.2, 0.25) is 10.0 Å². The maximum absolute atomic E-state index is 13.3. The molecule has 1 N–H and O–H groups in total. The van der Waals surface area contributed by atoms with Crippen LogP contribution in [-0.4, -0.2) is 33.5 Å². The van der Waals surface area contributed by atoms with E-state index in [1.54, 1.807) is 0 Å². The molecule has 0 radical (unpaired) electrons. The normalized spacial score (nSPS) is 11.7. The molecule has 0 amide bonds. The zero-order valence-corrected chi connectivity index (χ0v) is 11.7. The Hall–Kier alpha value is -0.570. The molecule has 8 heteroatoms. The Morgan fingerprint density at radius 3 is 2.61 bits per heavy atom. The van der Waals surface area contributed by atoms with Gasteiger partial charge in [-0.3, -0.25) is 0 Å². The van der Waals surface area contributed by atoms with Crippen LogP contribution in [0.5, 0.6) is 0 Å². The van der Waals surface area contributed by atoms with Gasteiger partial charge in [0.25, 0.3) is 0 Å². The van der Waals surface area contributed by atoms with Gasteiger partial charge in [-0.05, 0) is 12.1 Å². The third-order valence-electron chi connectivity index (χ3n) is 1.94. The molecule has 18 heavy (non-hydrogen) atoms. The molecule has 0 atom stereocenters. The summed E-state index contributed by atoms with van der Waals surface area (Å²) in [5.74, 6) is -1.95. The van der Waals surface area contributed by atoms with Gasteiger partial charge in [-0.1, -0.05) is 15.9 Å². The monoisotopic (exact) mass is 343 g/mol. The predicted molar refractivity (Wildman–Crippen MR) is 66.2 cm³/mol. The van der Waals surface area contributed by atoms with E-state index in [1.165, 1.54) is 0 Å². The molecule has 0 spiro atoms. The molecule has 102 valence electrons. The standard InChI is InChI=1S/C10H12BrF2NO3S/c11-3-5-17-6-4-14-18(15,16)10-2-1-8(12)7-9(10)13/h1-2,7,14H,3-6H2. The number of nitrogens with one attached hydrogen (secondary N) is 1. The fourth-order valence-electron chi connectivity index (χ4n) is 1.18. The summed E-state index contributed by atoms with van der Waals surface area (Å²) in [6.07, 6.45) is 0. The molecule has 1 aromatic rings. The first-order valence-corrected chi connectivity index (χ1v) is 7.66. The van der Waals surface area contributed by atoms with Crippen molar-refractivity contribution >= 4 is 26.0 Å². The maximum Gasteiger partial charge on any atom is 0.243 e. The number of hydrogen-bond donors (Lipinski definition) is 1. The summed E-state index contributed by atoms with van der Waals surface area (Å²) in [6, 6.07) is 2.29. The number of hydrogen-bond acceptors (Lipinski definition) is 3. The Bertz CT molecular complexity index is 496. The Balaban J connectivity index is 2.63. The van der Waals surface area contributed by atoms with Gasteiger partial charge in [0.1, 0.15) is 16.5 Å². The highest BCUT2D eigenvalue weighted by Gasteiger charge is 2.18. The number of alkyl halides is 1. The predicted octanol–water partition coefficient (Wildman–Crippen LogP) is 1.65. The van der Waals surface area contributed by atoms with Crippen molar-refractivity contribution in [3.8, 4) is 0 Å². The first-order chi connectivity index (χ1) is 8.47. The van der Waals surface area contributed by atoms with Crippen LogP contribution in [-0.2, 0) is 14.8 Å². The van der Waals surface area contributed by atoms with Gasteiger partial charge in [-0.2, -0.15) is 0 Å². The Morgan fingerprint density at radius 2 is 2.00 bits per heavy atom. The van der Waals surface area contributed by atoms with E-state index in [1.807, 2.05) is 0 Å². The molecular weight excluding hydrogens is 332 g/mol. The van der Waals surface area contributed by atoms with Crippen LogP contribution < -0.4 is 4.72 Å². The molecular formula is C10H12BrF2NO3S. The SMILES string of the molecule is O=S(=O)(NCCOCCBr)c1ccc(F)cc1F. The quantitative estimate of drug-likeness (QED) is 0.605. The largest absolute Gasteiger partial charge is 0.379 e. The van der Waals surface area contributed by atoms with E-state index < -0.39 is 26.6 Å². The van der Waals surface area contributed by atoms with Gasteiger partial charge in [0.05, 0.1) is 13.2 Å². The van der Waals surface area contributed by atoms with E-state index in [4.69, 9.17) is 4.74 Å². The van der Waals surface area contributed by atoms with Gasteiger partial charge in [-0.15, -0.1) is 0 Å². The number of rotatable bonds is 7. The van der Waals surface area contributed by atoms with Crippen molar-refractivity contribution in [1.29, 1.82) is 0 Å². The number of halogens is 3. The van der Waals surface area contributed by atoms with Crippen LogP contribution in [0.4, 0.5) is 8.78 Å². The van der Waals surface area contributed by atoms with Crippen molar-refractivity contribution in [2.75, 3.05) is 25.1 Å². The topological polar surface area (TPSA) is 55.4 Å². The van der Waals surface area contributed by atoms with Crippen molar-refractivity contribution in [2.24, 2.45) is 0 Å². The summed E-state index contributed by atoms with van der Waals surface area (Å²) in [5.41, 5.74) is 0. The van der Waals surface area contributed by atoms with Crippen LogP contribution in [0.2, 0.25) is 0 Å². The second kappa shape index (κ2) is 7.13. The van der Waals surface area contributed by atoms with E-state index >= 15 is 0 Å². The Kier molecular flexibility index (Phi) is 6.13. The lowest BCUT2D eigenvalue weighted by molar-refractivity contribution is 0.156. The maximum atomic E-state index is 13.3. The van der Waals surface area contributed by atoms with Crippen LogP contribution >= 0.6 is 15.9 Å². The molecule has 0 saturated heterocycles. The molecule has 0 fully saturated rings. The molecule has 0 aromatic heterocycles. The zero-order valence-electron chi connectivity index (χ0n) is 9.33. The second-order valence-electron chi connectivity index (χ2n) is 3.27. The minimum absolute atomic E-state index is 0.0200. The molecule has 0 aliphatic carbocycles. The minimum Gasteiger partial charge on any atom is -0.379 e. The molecule has 4 nitrogen and oxygen atoms in total. The molecule has 0 heterocycles. The first kappa shape index (κ1) is 15.5. The van der Waals surface area contributed by atoms with E-state index in [0.29, 0.717) is 18.0 Å². The molecule has 1 rings (SSSR count). The average Bonchev–Trinajstić information content (AvgIpc) is 2.28. The second-order valence-corrected chi connectivity index (χ2v) is 5.80. The Morgan fingerprint density at radius 1 is 1.28 bits per heavy atom. The van der Waals surface area contributed by atoms with Crippen molar-refractivity contribution in [3.63, 3.8) is 0 Å². The van der Waals surface area contributed by atoms with Crippen molar-refractivity contribution in [3.05, 3.63) is 29.8 Å². The van der Waals surface area contributed by atoms with Gasteiger partial charge >= 0.3 is 0 Å². The molecule has 0 aliphatic heterocycles.